The summed E-state index contributed by atoms with van der Waals surface area (Å²) in [4.78, 5) is 36.6. The molecule has 1 unspecified atom stereocenters. The third kappa shape index (κ3) is 4.92. The van der Waals surface area contributed by atoms with Crippen molar-refractivity contribution in [3.63, 3.8) is 0 Å². The molecule has 0 saturated heterocycles. The maximum absolute atomic E-state index is 12.8. The molecule has 0 aliphatic heterocycles. The largest absolute Gasteiger partial charge is 0.480 e. The summed E-state index contributed by atoms with van der Waals surface area (Å²) in [5, 5.41) is 24.0. The van der Waals surface area contributed by atoms with E-state index in [4.69, 9.17) is 4.74 Å². The lowest BCUT2D eigenvalue weighted by atomic mass is 9.91. The van der Waals surface area contributed by atoms with Crippen LogP contribution in [0.1, 0.15) is 50.2 Å². The summed E-state index contributed by atoms with van der Waals surface area (Å²) in [5.74, 6) is -1.85. The number of carboxylic acid groups (broad SMARTS) is 1. The van der Waals surface area contributed by atoms with Gasteiger partial charge in [0.25, 0.3) is 0 Å². The van der Waals surface area contributed by atoms with Gasteiger partial charge in [-0.25, -0.2) is 9.59 Å². The fraction of sp³-hybridized carbons (Fsp3) is 0.423. The maximum Gasteiger partial charge on any atom is 0.407 e. The molecule has 0 aromatic heterocycles. The van der Waals surface area contributed by atoms with Gasteiger partial charge in [-0.15, -0.1) is 0 Å². The number of nitrogens with one attached hydrogen (secondary N) is 2. The summed E-state index contributed by atoms with van der Waals surface area (Å²) < 4.78 is 5.64. The van der Waals surface area contributed by atoms with Gasteiger partial charge in [0.05, 0.1) is 11.6 Å². The molecule has 4 N–H and O–H groups in total. The number of carbonyl (C=O) groups is 3. The van der Waals surface area contributed by atoms with Crippen molar-refractivity contribution in [3.05, 3.63) is 59.7 Å². The van der Waals surface area contributed by atoms with Gasteiger partial charge in [0.15, 0.2) is 6.04 Å². The Morgan fingerprint density at radius 2 is 1.62 bits per heavy atom. The molecular formula is C26H30N2O6. The molecule has 0 spiro atoms. The van der Waals surface area contributed by atoms with Gasteiger partial charge in [-0.1, -0.05) is 48.5 Å². The third-order valence-corrected chi connectivity index (χ3v) is 6.80. The van der Waals surface area contributed by atoms with Crippen molar-refractivity contribution in [2.75, 3.05) is 6.61 Å². The summed E-state index contributed by atoms with van der Waals surface area (Å²) in [7, 11) is 0. The van der Waals surface area contributed by atoms with Crippen molar-refractivity contribution in [1.29, 1.82) is 0 Å². The quantitative estimate of drug-likeness (QED) is 0.450. The van der Waals surface area contributed by atoms with Gasteiger partial charge in [0, 0.05) is 12.3 Å². The van der Waals surface area contributed by atoms with Crippen LogP contribution in [-0.2, 0) is 14.3 Å². The standard InChI is InChI=1S/C26H30N2O6/c1-15(29)23(24(31)32)27-22(30)13-26(2,16-11-12-16)28-25(33)34-14-21-19-9-5-3-7-17(19)18-8-4-6-10-20(18)21/h3-10,15-16,21,23,29H,11-14H2,1-2H3,(H,27,30)(H,28,33)(H,31,32)/t15-,23+,26?/m1/s1. The molecule has 0 radical (unpaired) electrons. The Hall–Kier alpha value is -3.39. The second kappa shape index (κ2) is 9.46. The number of carboxylic acids is 1. The molecule has 8 heteroatoms. The number of fused-ring (bicyclic) bond motifs is 3. The van der Waals surface area contributed by atoms with Gasteiger partial charge >= 0.3 is 12.1 Å². The summed E-state index contributed by atoms with van der Waals surface area (Å²) >= 11 is 0. The number of ether oxygens (including phenoxy) is 1. The highest BCUT2D eigenvalue weighted by Gasteiger charge is 2.45. The Morgan fingerprint density at radius 3 is 2.12 bits per heavy atom. The van der Waals surface area contributed by atoms with Crippen LogP contribution in [0, 0.1) is 5.92 Å². The SMILES string of the molecule is C[C@@H](O)[C@H](NC(=O)CC(C)(NC(=O)OCC1c2ccccc2-c2ccccc21)C1CC1)C(=O)O. The number of rotatable bonds is 9. The molecule has 0 bridgehead atoms. The first kappa shape index (κ1) is 23.8. The second-order valence-electron chi connectivity index (χ2n) is 9.44. The van der Waals surface area contributed by atoms with Crippen molar-refractivity contribution in [1.82, 2.24) is 10.6 Å². The Bertz CT molecular complexity index is 1050. The highest BCUT2D eigenvalue weighted by Crippen LogP contribution is 2.45. The van der Waals surface area contributed by atoms with E-state index in [0.29, 0.717) is 0 Å². The fourth-order valence-electron chi connectivity index (χ4n) is 4.83. The summed E-state index contributed by atoms with van der Waals surface area (Å²) in [5.41, 5.74) is 3.61. The van der Waals surface area contributed by atoms with Crippen LogP contribution in [0.4, 0.5) is 4.79 Å². The molecule has 8 nitrogen and oxygen atoms in total. The molecule has 2 aliphatic rings. The zero-order chi connectivity index (χ0) is 24.5. The van der Waals surface area contributed by atoms with Gasteiger partial charge in [-0.3, -0.25) is 4.79 Å². The van der Waals surface area contributed by atoms with Gasteiger partial charge < -0.3 is 25.6 Å². The Balaban J connectivity index is 1.40. The van der Waals surface area contributed by atoms with E-state index in [1.165, 1.54) is 6.92 Å². The van der Waals surface area contributed by atoms with Gasteiger partial charge in [0.2, 0.25) is 5.91 Å². The van der Waals surface area contributed by atoms with Crippen LogP contribution in [0.2, 0.25) is 0 Å². The molecule has 3 atom stereocenters. The number of hydrogen-bond donors (Lipinski definition) is 4. The molecule has 1 saturated carbocycles. The molecule has 1 fully saturated rings. The molecule has 2 aromatic rings. The van der Waals surface area contributed by atoms with E-state index in [1.807, 2.05) is 36.4 Å². The molecule has 34 heavy (non-hydrogen) atoms. The van der Waals surface area contributed by atoms with E-state index >= 15 is 0 Å². The number of amides is 2. The van der Waals surface area contributed by atoms with E-state index in [0.717, 1.165) is 35.1 Å². The molecule has 0 heterocycles. The second-order valence-corrected chi connectivity index (χ2v) is 9.44. The van der Waals surface area contributed by atoms with Crippen LogP contribution in [0.3, 0.4) is 0 Å². The van der Waals surface area contributed by atoms with Crippen molar-refractivity contribution < 1.29 is 29.3 Å². The van der Waals surface area contributed by atoms with Crippen LogP contribution in [0.5, 0.6) is 0 Å². The lowest BCUT2D eigenvalue weighted by Gasteiger charge is -2.31. The van der Waals surface area contributed by atoms with E-state index in [-0.39, 0.29) is 24.9 Å². The van der Waals surface area contributed by atoms with Crippen LogP contribution in [-0.4, -0.2) is 52.5 Å². The minimum atomic E-state index is -1.41. The van der Waals surface area contributed by atoms with E-state index < -0.39 is 35.7 Å². The van der Waals surface area contributed by atoms with E-state index in [9.17, 15) is 24.6 Å². The number of alkyl carbamates (subject to hydrolysis) is 1. The van der Waals surface area contributed by atoms with Crippen molar-refractivity contribution in [3.8, 4) is 11.1 Å². The average Bonchev–Trinajstić information content (AvgIpc) is 3.60. The normalized spacial score (nSPS) is 18.1. The molecular weight excluding hydrogens is 436 g/mol. The van der Waals surface area contributed by atoms with Crippen LogP contribution in [0.25, 0.3) is 11.1 Å². The van der Waals surface area contributed by atoms with E-state index in [2.05, 4.69) is 22.8 Å². The minimum Gasteiger partial charge on any atom is -0.480 e. The van der Waals surface area contributed by atoms with Crippen LogP contribution in [0.15, 0.2) is 48.5 Å². The van der Waals surface area contributed by atoms with Crippen molar-refractivity contribution >= 4 is 18.0 Å². The number of hydrogen-bond acceptors (Lipinski definition) is 5. The summed E-state index contributed by atoms with van der Waals surface area (Å²) in [6.07, 6.45) is -0.269. The number of aliphatic hydroxyl groups excluding tert-OH is 1. The number of aliphatic carboxylic acids is 1. The monoisotopic (exact) mass is 466 g/mol. The molecule has 180 valence electrons. The van der Waals surface area contributed by atoms with Crippen molar-refractivity contribution in [2.24, 2.45) is 5.92 Å². The molecule has 4 rings (SSSR count). The minimum absolute atomic E-state index is 0.0732. The zero-order valence-electron chi connectivity index (χ0n) is 19.3. The van der Waals surface area contributed by atoms with Gasteiger partial charge in [-0.2, -0.15) is 0 Å². The van der Waals surface area contributed by atoms with E-state index in [1.54, 1.807) is 6.92 Å². The Kier molecular flexibility index (Phi) is 6.61. The third-order valence-electron chi connectivity index (χ3n) is 6.80. The lowest BCUT2D eigenvalue weighted by molar-refractivity contribution is -0.145. The van der Waals surface area contributed by atoms with Crippen LogP contribution >= 0.6 is 0 Å². The predicted molar refractivity (Wildman–Crippen MR) is 125 cm³/mol. The summed E-state index contributed by atoms with van der Waals surface area (Å²) in [6, 6.07) is 14.7. The highest BCUT2D eigenvalue weighted by atomic mass is 16.5. The van der Waals surface area contributed by atoms with Crippen LogP contribution < -0.4 is 10.6 Å². The van der Waals surface area contributed by atoms with Gasteiger partial charge in [0.1, 0.15) is 6.61 Å². The Labute approximate surface area is 198 Å². The highest BCUT2D eigenvalue weighted by molar-refractivity contribution is 5.85. The predicted octanol–water partition coefficient (Wildman–Crippen LogP) is 3.03. The first-order valence-electron chi connectivity index (χ1n) is 11.5. The van der Waals surface area contributed by atoms with Gasteiger partial charge in [-0.05, 0) is 54.9 Å². The molecule has 2 amide bonds. The maximum atomic E-state index is 12.8. The average molecular weight is 467 g/mol. The lowest BCUT2D eigenvalue weighted by Crippen LogP contribution is -2.54. The number of benzene rings is 2. The topological polar surface area (TPSA) is 125 Å². The Morgan fingerprint density at radius 1 is 1.06 bits per heavy atom. The van der Waals surface area contributed by atoms with Crippen molar-refractivity contribution in [2.45, 2.75) is 56.7 Å². The smallest absolute Gasteiger partial charge is 0.407 e. The first-order valence-corrected chi connectivity index (χ1v) is 11.5. The summed E-state index contributed by atoms with van der Waals surface area (Å²) in [6.45, 7) is 3.23. The number of aliphatic hydroxyl groups is 1. The molecule has 2 aromatic carbocycles. The first-order chi connectivity index (χ1) is 16.2. The molecule has 2 aliphatic carbocycles. The zero-order valence-corrected chi connectivity index (χ0v) is 19.3. The number of carbonyl (C=O) groups excluding carboxylic acids is 2. The fourth-order valence-corrected chi connectivity index (χ4v) is 4.83.